The number of rotatable bonds is 5. The van der Waals surface area contributed by atoms with Crippen molar-refractivity contribution in [2.75, 3.05) is 30.0 Å². The number of ether oxygens (including phenoxy) is 1. The van der Waals surface area contributed by atoms with Crippen LogP contribution in [0.2, 0.25) is 0 Å². The molecule has 2 aliphatic heterocycles. The highest BCUT2D eigenvalue weighted by Crippen LogP contribution is 2.34. The van der Waals surface area contributed by atoms with Crippen LogP contribution in [-0.2, 0) is 14.6 Å². The maximum Gasteiger partial charge on any atom is 0.183 e. The summed E-state index contributed by atoms with van der Waals surface area (Å²) in [5.74, 6) is 0.534. The van der Waals surface area contributed by atoms with E-state index in [0.717, 1.165) is 53.8 Å². The summed E-state index contributed by atoms with van der Waals surface area (Å²) in [6.07, 6.45) is 3.23. The second-order valence-electron chi connectivity index (χ2n) is 7.27. The topological polar surface area (TPSA) is 73.2 Å². The van der Waals surface area contributed by atoms with Crippen LogP contribution in [0.5, 0.6) is 0 Å². The van der Waals surface area contributed by atoms with Gasteiger partial charge in [-0.15, -0.1) is 11.3 Å². The van der Waals surface area contributed by atoms with Gasteiger partial charge in [0.1, 0.15) is 0 Å². The zero-order valence-corrected chi connectivity index (χ0v) is 16.8. The molecule has 0 spiro atoms. The van der Waals surface area contributed by atoms with Gasteiger partial charge in [0.15, 0.2) is 15.0 Å². The molecule has 2 fully saturated rings. The van der Waals surface area contributed by atoms with E-state index >= 15 is 0 Å². The zero-order chi connectivity index (χ0) is 18.3. The first-order chi connectivity index (χ1) is 12.4. The quantitative estimate of drug-likeness (QED) is 0.842. The maximum atomic E-state index is 11.9. The number of aryl methyl sites for hydroxylation is 1. The van der Waals surface area contributed by atoms with Crippen molar-refractivity contribution < 1.29 is 13.2 Å². The Morgan fingerprint density at radius 3 is 2.92 bits per heavy atom. The third kappa shape index (κ3) is 3.54. The second-order valence-corrected chi connectivity index (χ2v) is 10.4. The minimum absolute atomic E-state index is 0.0458. The average Bonchev–Trinajstić information content (AvgIpc) is 3.34. The Morgan fingerprint density at radius 2 is 2.23 bits per heavy atom. The predicted molar refractivity (Wildman–Crippen MR) is 105 cm³/mol. The summed E-state index contributed by atoms with van der Waals surface area (Å²) in [7, 11) is -2.90. The van der Waals surface area contributed by atoms with E-state index in [1.54, 1.807) is 11.3 Å². The number of hydrogen-bond acceptors (Lipinski definition) is 6. The van der Waals surface area contributed by atoms with Gasteiger partial charge in [-0.1, -0.05) is 0 Å². The minimum Gasteiger partial charge on any atom is -0.376 e. The number of thiazole rings is 1. The van der Waals surface area contributed by atoms with Crippen LogP contribution in [0.3, 0.4) is 0 Å². The summed E-state index contributed by atoms with van der Waals surface area (Å²) in [6, 6.07) is 2.17. The molecule has 2 aromatic heterocycles. The van der Waals surface area contributed by atoms with Crippen molar-refractivity contribution >= 4 is 26.3 Å². The maximum absolute atomic E-state index is 11.9. The van der Waals surface area contributed by atoms with Crippen LogP contribution in [0, 0.1) is 13.8 Å². The van der Waals surface area contributed by atoms with E-state index in [2.05, 4.69) is 28.3 Å². The Balaban J connectivity index is 1.52. The van der Waals surface area contributed by atoms with E-state index in [0.29, 0.717) is 6.42 Å². The second kappa shape index (κ2) is 6.98. The molecule has 26 heavy (non-hydrogen) atoms. The molecule has 8 heteroatoms. The highest BCUT2D eigenvalue weighted by atomic mass is 32.2. The van der Waals surface area contributed by atoms with E-state index in [1.807, 2.05) is 6.92 Å². The first-order valence-electron chi connectivity index (χ1n) is 9.13. The highest BCUT2D eigenvalue weighted by Gasteiger charge is 2.31. The third-order valence-electron chi connectivity index (χ3n) is 5.34. The standard InChI is InChI=1S/C18H25N3O3S2/c1-12-8-16(13(2)21(12)14-5-7-26(22,23)11-14)17-10-25-18(20-17)19-9-15-4-3-6-24-15/h8,10,14-15H,3-7,9,11H2,1-2H3,(H,19,20)/t14-,15-/m1/s1. The molecule has 2 saturated heterocycles. The fraction of sp³-hybridized carbons (Fsp3) is 0.611. The van der Waals surface area contributed by atoms with E-state index in [9.17, 15) is 8.42 Å². The Labute approximate surface area is 158 Å². The molecule has 0 saturated carbocycles. The summed E-state index contributed by atoms with van der Waals surface area (Å²) in [4.78, 5) is 4.73. The van der Waals surface area contributed by atoms with Gasteiger partial charge in [0.25, 0.3) is 0 Å². The van der Waals surface area contributed by atoms with E-state index in [4.69, 9.17) is 9.72 Å². The molecule has 4 rings (SSSR count). The number of hydrogen-bond donors (Lipinski definition) is 1. The van der Waals surface area contributed by atoms with Gasteiger partial charge in [-0.05, 0) is 39.2 Å². The molecule has 6 nitrogen and oxygen atoms in total. The normalized spacial score (nSPS) is 25.0. The fourth-order valence-corrected chi connectivity index (χ4v) is 6.48. The summed E-state index contributed by atoms with van der Waals surface area (Å²) in [5.41, 5.74) is 4.24. The molecule has 0 aliphatic carbocycles. The lowest BCUT2D eigenvalue weighted by Crippen LogP contribution is -2.18. The Bertz CT molecular complexity index is 895. The SMILES string of the molecule is Cc1cc(-c2csc(NC[C@H]3CCCO3)n2)c(C)n1[C@@H]1CCS(=O)(=O)C1. The van der Waals surface area contributed by atoms with Gasteiger partial charge in [0.05, 0.1) is 23.3 Å². The van der Waals surface area contributed by atoms with Gasteiger partial charge in [0, 0.05) is 41.5 Å². The van der Waals surface area contributed by atoms with Gasteiger partial charge in [-0.25, -0.2) is 13.4 Å². The van der Waals surface area contributed by atoms with Crippen molar-refractivity contribution in [2.45, 2.75) is 45.3 Å². The van der Waals surface area contributed by atoms with Gasteiger partial charge in [-0.2, -0.15) is 0 Å². The van der Waals surface area contributed by atoms with Crippen LogP contribution in [0.4, 0.5) is 5.13 Å². The van der Waals surface area contributed by atoms with E-state index < -0.39 is 9.84 Å². The summed E-state index contributed by atoms with van der Waals surface area (Å²) >= 11 is 1.60. The van der Waals surface area contributed by atoms with Crippen molar-refractivity contribution in [1.82, 2.24) is 9.55 Å². The predicted octanol–water partition coefficient (Wildman–Crippen LogP) is 3.18. The molecular weight excluding hydrogens is 370 g/mol. The molecule has 2 aliphatic rings. The lowest BCUT2D eigenvalue weighted by molar-refractivity contribution is 0.120. The summed E-state index contributed by atoms with van der Waals surface area (Å²) in [6.45, 7) is 5.76. The zero-order valence-electron chi connectivity index (χ0n) is 15.2. The highest BCUT2D eigenvalue weighted by molar-refractivity contribution is 7.91. The first-order valence-corrected chi connectivity index (χ1v) is 11.8. The van der Waals surface area contributed by atoms with Crippen LogP contribution in [-0.4, -0.2) is 48.7 Å². The Kier molecular flexibility index (Phi) is 4.83. The third-order valence-corrected chi connectivity index (χ3v) is 7.89. The van der Waals surface area contributed by atoms with Crippen molar-refractivity contribution in [3.05, 3.63) is 22.8 Å². The Hall–Kier alpha value is -1.38. The van der Waals surface area contributed by atoms with Crippen LogP contribution in [0.25, 0.3) is 11.3 Å². The molecular formula is C18H25N3O3S2. The lowest BCUT2D eigenvalue weighted by Gasteiger charge is -2.16. The molecule has 142 valence electrons. The summed E-state index contributed by atoms with van der Waals surface area (Å²) < 4.78 is 31.5. The fourth-order valence-electron chi connectivity index (χ4n) is 4.06. The molecule has 1 N–H and O–H groups in total. The largest absolute Gasteiger partial charge is 0.376 e. The molecule has 0 amide bonds. The van der Waals surface area contributed by atoms with Gasteiger partial charge in [-0.3, -0.25) is 0 Å². The molecule has 2 atom stereocenters. The summed E-state index contributed by atoms with van der Waals surface area (Å²) in [5, 5.41) is 6.35. The van der Waals surface area contributed by atoms with Crippen LogP contribution < -0.4 is 5.32 Å². The molecule has 0 unspecified atom stereocenters. The average molecular weight is 396 g/mol. The monoisotopic (exact) mass is 395 g/mol. The first kappa shape index (κ1) is 18.0. The number of aromatic nitrogens is 2. The van der Waals surface area contributed by atoms with Crippen molar-refractivity contribution in [3.8, 4) is 11.3 Å². The molecule has 0 radical (unpaired) electrons. The lowest BCUT2D eigenvalue weighted by atomic mass is 10.2. The molecule has 0 bridgehead atoms. The van der Waals surface area contributed by atoms with Crippen molar-refractivity contribution in [1.29, 1.82) is 0 Å². The molecule has 0 aromatic carbocycles. The Morgan fingerprint density at radius 1 is 1.38 bits per heavy atom. The van der Waals surface area contributed by atoms with Gasteiger partial charge < -0.3 is 14.6 Å². The number of anilines is 1. The smallest absolute Gasteiger partial charge is 0.183 e. The molecule has 2 aromatic rings. The van der Waals surface area contributed by atoms with Crippen molar-refractivity contribution in [2.24, 2.45) is 0 Å². The minimum atomic E-state index is -2.90. The van der Waals surface area contributed by atoms with Crippen LogP contribution >= 0.6 is 11.3 Å². The van der Waals surface area contributed by atoms with Gasteiger partial charge >= 0.3 is 0 Å². The number of sulfone groups is 1. The van der Waals surface area contributed by atoms with Crippen LogP contribution in [0.15, 0.2) is 11.4 Å². The van der Waals surface area contributed by atoms with Gasteiger partial charge in [0.2, 0.25) is 0 Å². The van der Waals surface area contributed by atoms with E-state index in [-0.39, 0.29) is 23.7 Å². The number of nitrogens with one attached hydrogen (secondary N) is 1. The van der Waals surface area contributed by atoms with Crippen molar-refractivity contribution in [3.63, 3.8) is 0 Å². The number of nitrogens with zero attached hydrogens (tertiary/aromatic N) is 2. The molecule has 4 heterocycles. The van der Waals surface area contributed by atoms with Crippen LogP contribution in [0.1, 0.15) is 36.7 Å². The van der Waals surface area contributed by atoms with E-state index in [1.165, 1.54) is 0 Å².